The van der Waals surface area contributed by atoms with Crippen molar-refractivity contribution in [2.75, 3.05) is 43.6 Å². The zero-order valence-electron chi connectivity index (χ0n) is 22.0. The number of carbonyl (C=O) groups excluding carboxylic acids is 1. The van der Waals surface area contributed by atoms with Gasteiger partial charge in [-0.05, 0) is 55.2 Å². The van der Waals surface area contributed by atoms with E-state index in [0.29, 0.717) is 37.9 Å². The number of nitrogens with one attached hydrogen (secondary N) is 2. The monoisotopic (exact) mass is 530 g/mol. The minimum absolute atomic E-state index is 0.0460. The first-order valence-corrected chi connectivity index (χ1v) is 13.3. The Morgan fingerprint density at radius 1 is 1.11 bits per heavy atom. The molecule has 2 heterocycles. The fourth-order valence-electron chi connectivity index (χ4n) is 4.76. The molecule has 2 aromatic rings. The molecule has 1 aliphatic carbocycles. The van der Waals surface area contributed by atoms with Crippen LogP contribution in [0, 0.1) is 11.6 Å². The summed E-state index contributed by atoms with van der Waals surface area (Å²) in [6.45, 7) is 4.30. The van der Waals surface area contributed by atoms with Crippen molar-refractivity contribution in [2.24, 2.45) is 5.16 Å². The Hall–Kier alpha value is -3.34. The largest absolute Gasteiger partial charge is 0.392 e. The van der Waals surface area contributed by atoms with E-state index in [2.05, 4.69) is 37.6 Å². The first kappa shape index (κ1) is 27.7. The third kappa shape index (κ3) is 7.37. The third-order valence-electron chi connectivity index (χ3n) is 7.08. The Morgan fingerprint density at radius 2 is 1.82 bits per heavy atom. The van der Waals surface area contributed by atoms with E-state index in [0.717, 1.165) is 55.6 Å². The molecule has 0 spiro atoms. The minimum atomic E-state index is -0.663. The van der Waals surface area contributed by atoms with Crippen LogP contribution in [0.1, 0.15) is 62.5 Å². The lowest BCUT2D eigenvalue weighted by Gasteiger charge is -2.31. The quantitative estimate of drug-likeness (QED) is 0.357. The van der Waals surface area contributed by atoms with Crippen LogP contribution in [-0.4, -0.2) is 61.2 Å². The third-order valence-corrected chi connectivity index (χ3v) is 7.08. The van der Waals surface area contributed by atoms with E-state index in [1.54, 1.807) is 0 Å². The molecule has 206 valence electrons. The highest BCUT2D eigenvalue weighted by atomic mass is 19.1. The molecule has 1 aromatic carbocycles. The summed E-state index contributed by atoms with van der Waals surface area (Å²) in [7, 11) is 1.51. The van der Waals surface area contributed by atoms with E-state index in [4.69, 9.17) is 9.57 Å². The van der Waals surface area contributed by atoms with Gasteiger partial charge >= 0.3 is 6.03 Å². The summed E-state index contributed by atoms with van der Waals surface area (Å²) in [5.41, 5.74) is 2.21. The van der Waals surface area contributed by atoms with E-state index < -0.39 is 17.7 Å². The van der Waals surface area contributed by atoms with Gasteiger partial charge in [0.15, 0.2) is 0 Å². The van der Waals surface area contributed by atoms with Crippen molar-refractivity contribution in [1.29, 1.82) is 0 Å². The molecule has 1 saturated heterocycles. The summed E-state index contributed by atoms with van der Waals surface area (Å²) in [5.74, 6) is -0.553. The summed E-state index contributed by atoms with van der Waals surface area (Å²) in [5, 5.41) is 9.27. The number of carbonyl (C=O) groups is 1. The van der Waals surface area contributed by atoms with E-state index in [-0.39, 0.29) is 24.3 Å². The summed E-state index contributed by atoms with van der Waals surface area (Å²) in [6, 6.07) is 1.62. The molecule has 11 heteroatoms. The lowest BCUT2D eigenvalue weighted by Crippen LogP contribution is -2.37. The Labute approximate surface area is 222 Å². The van der Waals surface area contributed by atoms with E-state index in [1.807, 2.05) is 12.4 Å². The average Bonchev–Trinajstić information content (AvgIpc) is 2.94. The zero-order chi connectivity index (χ0) is 26.9. The molecule has 1 aliphatic heterocycles. The van der Waals surface area contributed by atoms with Crippen LogP contribution in [0.4, 0.5) is 25.2 Å². The number of piperidine rings is 1. The fraction of sp³-hybridized carbons (Fsp3) is 0.556. The molecule has 0 unspecified atom stereocenters. The van der Waals surface area contributed by atoms with E-state index >= 15 is 0 Å². The number of hydrogen-bond acceptors (Lipinski definition) is 7. The second kappa shape index (κ2) is 13.5. The number of aromatic nitrogens is 2. The van der Waals surface area contributed by atoms with Gasteiger partial charge in [0.2, 0.25) is 5.95 Å². The molecule has 1 aromatic heterocycles. The van der Waals surface area contributed by atoms with E-state index in [1.165, 1.54) is 13.2 Å². The second-order valence-corrected chi connectivity index (χ2v) is 9.70. The van der Waals surface area contributed by atoms with Gasteiger partial charge in [0.25, 0.3) is 0 Å². The van der Waals surface area contributed by atoms with Gasteiger partial charge in [-0.15, -0.1) is 0 Å². The van der Waals surface area contributed by atoms with Crippen LogP contribution >= 0.6 is 0 Å². The van der Waals surface area contributed by atoms with Crippen molar-refractivity contribution in [3.8, 4) is 0 Å². The van der Waals surface area contributed by atoms with Crippen molar-refractivity contribution in [3.63, 3.8) is 0 Å². The molecule has 2 N–H and O–H groups in total. The number of hydrogen-bond donors (Lipinski definition) is 2. The molecule has 0 radical (unpaired) electrons. The van der Waals surface area contributed by atoms with Gasteiger partial charge in [0.1, 0.15) is 17.7 Å². The number of methoxy groups -OCH3 is 1. The lowest BCUT2D eigenvalue weighted by molar-refractivity contribution is 0.0406. The van der Waals surface area contributed by atoms with Gasteiger partial charge in [-0.1, -0.05) is 12.1 Å². The fourth-order valence-corrected chi connectivity index (χ4v) is 4.76. The van der Waals surface area contributed by atoms with Gasteiger partial charge in [-0.25, -0.2) is 23.5 Å². The normalized spacial score (nSPS) is 18.3. The van der Waals surface area contributed by atoms with Gasteiger partial charge < -0.3 is 25.1 Å². The number of rotatable bonds is 9. The molecule has 2 amide bonds. The van der Waals surface area contributed by atoms with Crippen LogP contribution in [-0.2, 0) is 16.0 Å². The number of anilines is 2. The molecule has 4 rings (SSSR count). The van der Waals surface area contributed by atoms with Crippen LogP contribution in [0.3, 0.4) is 0 Å². The second-order valence-electron chi connectivity index (χ2n) is 9.70. The molecule has 0 atom stereocenters. The van der Waals surface area contributed by atoms with Crippen molar-refractivity contribution >= 4 is 23.4 Å². The molecule has 1 saturated carbocycles. The van der Waals surface area contributed by atoms with Crippen LogP contribution in [0.5, 0.6) is 0 Å². The van der Waals surface area contributed by atoms with Crippen LogP contribution in [0.2, 0.25) is 0 Å². The van der Waals surface area contributed by atoms with E-state index in [9.17, 15) is 13.6 Å². The van der Waals surface area contributed by atoms with Gasteiger partial charge in [0.05, 0.1) is 18.0 Å². The molecular formula is C27H36F2N6O3. The topological polar surface area (TPSA) is 101 Å². The maximum atomic E-state index is 14.8. The summed E-state index contributed by atoms with van der Waals surface area (Å²) in [4.78, 5) is 28.8. The van der Waals surface area contributed by atoms with Crippen LogP contribution in [0.25, 0.3) is 0 Å². The van der Waals surface area contributed by atoms with Gasteiger partial charge in [-0.3, -0.25) is 0 Å². The van der Waals surface area contributed by atoms with Crippen LogP contribution < -0.4 is 15.5 Å². The van der Waals surface area contributed by atoms with Gasteiger partial charge in [0, 0.05) is 58.0 Å². The number of nitrogens with zero attached hydrogens (tertiary/aromatic N) is 4. The SMILES string of the molecule is CCc1cnc(N2CCC(ON=C3CCC(c4cc(F)c(NC(=O)NCCOC)cc4F)CC3)CC2)nc1. The smallest absolute Gasteiger partial charge is 0.319 e. The molecule has 9 nitrogen and oxygen atoms in total. The highest BCUT2D eigenvalue weighted by molar-refractivity contribution is 5.89. The predicted octanol–water partition coefficient (Wildman–Crippen LogP) is 4.78. The molecular weight excluding hydrogens is 494 g/mol. The summed E-state index contributed by atoms with van der Waals surface area (Å²) >= 11 is 0. The molecule has 2 fully saturated rings. The van der Waals surface area contributed by atoms with Crippen molar-refractivity contribution in [1.82, 2.24) is 15.3 Å². The highest BCUT2D eigenvalue weighted by Crippen LogP contribution is 2.35. The number of aryl methyl sites for hydroxylation is 1. The first-order valence-electron chi connectivity index (χ1n) is 13.3. The van der Waals surface area contributed by atoms with Crippen LogP contribution in [0.15, 0.2) is 29.7 Å². The van der Waals surface area contributed by atoms with Crippen molar-refractivity contribution in [2.45, 2.75) is 63.9 Å². The number of halogens is 2. The molecule has 38 heavy (non-hydrogen) atoms. The summed E-state index contributed by atoms with van der Waals surface area (Å²) < 4.78 is 34.3. The number of urea groups is 1. The van der Waals surface area contributed by atoms with Gasteiger partial charge in [-0.2, -0.15) is 0 Å². The average molecular weight is 531 g/mol. The number of benzene rings is 1. The Balaban J connectivity index is 1.23. The molecule has 0 bridgehead atoms. The van der Waals surface area contributed by atoms with Crippen molar-refractivity contribution < 1.29 is 23.1 Å². The molecule has 2 aliphatic rings. The maximum Gasteiger partial charge on any atom is 0.319 e. The number of oxime groups is 1. The van der Waals surface area contributed by atoms with Crippen molar-refractivity contribution in [3.05, 3.63) is 47.3 Å². The Kier molecular flexibility index (Phi) is 9.80. The Morgan fingerprint density at radius 3 is 2.47 bits per heavy atom. The Bertz CT molecular complexity index is 1100. The zero-order valence-corrected chi connectivity index (χ0v) is 22.0. The summed E-state index contributed by atoms with van der Waals surface area (Å²) in [6.07, 6.45) is 9.06. The number of ether oxygens (including phenoxy) is 1. The predicted molar refractivity (Wildman–Crippen MR) is 142 cm³/mol. The standard InChI is InChI=1S/C27H36F2N6O3/c1-3-18-16-31-26(32-17-18)35-11-8-21(9-12-35)38-34-20-6-4-19(5-7-20)22-14-24(29)25(15-23(22)28)33-27(36)30-10-13-37-2/h14-17,19,21H,3-13H2,1-2H3,(H2,30,33,36). The lowest BCUT2D eigenvalue weighted by atomic mass is 9.83. The number of amides is 2. The maximum absolute atomic E-state index is 14.8. The highest BCUT2D eigenvalue weighted by Gasteiger charge is 2.26. The minimum Gasteiger partial charge on any atom is -0.392 e. The first-order chi connectivity index (χ1) is 18.5.